The number of nitrogens with zero attached hydrogens (tertiary/aromatic N) is 1. The second-order valence-corrected chi connectivity index (χ2v) is 8.24. The molecule has 1 heterocycles. The number of imide groups is 1. The fourth-order valence-electron chi connectivity index (χ4n) is 3.77. The molecule has 158 valence electrons. The molecule has 6 nitrogen and oxygen atoms in total. The van der Waals surface area contributed by atoms with Gasteiger partial charge in [0.15, 0.2) is 5.54 Å². The van der Waals surface area contributed by atoms with E-state index in [1.807, 2.05) is 67.6 Å². The van der Waals surface area contributed by atoms with E-state index in [0.29, 0.717) is 17.0 Å². The van der Waals surface area contributed by atoms with Gasteiger partial charge in [0, 0.05) is 6.04 Å². The first-order valence-electron chi connectivity index (χ1n) is 10.4. The van der Waals surface area contributed by atoms with Crippen LogP contribution in [-0.4, -0.2) is 35.3 Å². The maximum absolute atomic E-state index is 13.5. The van der Waals surface area contributed by atoms with Crippen molar-refractivity contribution in [3.8, 4) is 0 Å². The summed E-state index contributed by atoms with van der Waals surface area (Å²) in [6.07, 6.45) is 1.84. The van der Waals surface area contributed by atoms with Gasteiger partial charge in [0.05, 0.1) is 0 Å². The van der Waals surface area contributed by atoms with E-state index in [-0.39, 0.29) is 18.5 Å². The number of carbonyl (C=O) groups is 3. The van der Waals surface area contributed by atoms with Crippen LogP contribution in [0, 0.1) is 5.92 Å². The molecular weight excluding hydrogens is 378 g/mol. The number of nitrogens with one attached hydrogen (secondary N) is 2. The van der Waals surface area contributed by atoms with Crippen LogP contribution in [0.5, 0.6) is 0 Å². The van der Waals surface area contributed by atoms with Crippen LogP contribution in [0.15, 0.2) is 60.7 Å². The molecule has 4 amide bonds. The lowest BCUT2D eigenvalue weighted by Gasteiger charge is -2.28. The Bertz CT molecular complexity index is 857. The Morgan fingerprint density at radius 3 is 1.97 bits per heavy atom. The van der Waals surface area contributed by atoms with Crippen molar-refractivity contribution >= 4 is 17.8 Å². The van der Waals surface area contributed by atoms with E-state index in [0.717, 1.165) is 17.7 Å². The molecule has 0 radical (unpaired) electrons. The van der Waals surface area contributed by atoms with Gasteiger partial charge in [-0.25, -0.2) is 4.79 Å². The summed E-state index contributed by atoms with van der Waals surface area (Å²) in [5.41, 5.74) is -0.0334. The summed E-state index contributed by atoms with van der Waals surface area (Å²) in [5.74, 6) is -0.241. The molecule has 2 aromatic rings. The van der Waals surface area contributed by atoms with Gasteiger partial charge in [-0.3, -0.25) is 14.5 Å². The van der Waals surface area contributed by atoms with E-state index in [2.05, 4.69) is 24.5 Å². The summed E-state index contributed by atoms with van der Waals surface area (Å²) in [6, 6.07) is 17.6. The van der Waals surface area contributed by atoms with Crippen molar-refractivity contribution in [2.45, 2.75) is 45.2 Å². The molecule has 0 spiro atoms. The first-order valence-corrected chi connectivity index (χ1v) is 10.4. The highest BCUT2D eigenvalue weighted by Gasteiger charge is 2.54. The lowest BCUT2D eigenvalue weighted by Crippen LogP contribution is -2.46. The van der Waals surface area contributed by atoms with E-state index in [1.54, 1.807) is 0 Å². The number of amides is 4. The number of urea groups is 1. The smallest absolute Gasteiger partial charge is 0.326 e. The summed E-state index contributed by atoms with van der Waals surface area (Å²) in [7, 11) is 0. The first-order chi connectivity index (χ1) is 14.3. The van der Waals surface area contributed by atoms with Crippen LogP contribution in [0.25, 0.3) is 0 Å². The maximum Gasteiger partial charge on any atom is 0.326 e. The van der Waals surface area contributed by atoms with Gasteiger partial charge in [-0.2, -0.15) is 0 Å². The Morgan fingerprint density at radius 2 is 1.47 bits per heavy atom. The van der Waals surface area contributed by atoms with E-state index in [4.69, 9.17) is 0 Å². The molecule has 1 unspecified atom stereocenters. The molecular formula is C24H29N3O3. The van der Waals surface area contributed by atoms with Crippen molar-refractivity contribution in [3.05, 3.63) is 71.8 Å². The van der Waals surface area contributed by atoms with Gasteiger partial charge in [0.1, 0.15) is 6.54 Å². The Morgan fingerprint density at radius 1 is 0.933 bits per heavy atom. The molecule has 2 aromatic carbocycles. The van der Waals surface area contributed by atoms with Crippen LogP contribution in [0.3, 0.4) is 0 Å². The van der Waals surface area contributed by atoms with E-state index in [9.17, 15) is 14.4 Å². The van der Waals surface area contributed by atoms with Crippen LogP contribution >= 0.6 is 0 Å². The lowest BCUT2D eigenvalue weighted by atomic mass is 9.82. The largest absolute Gasteiger partial charge is 0.352 e. The zero-order chi connectivity index (χ0) is 21.7. The molecule has 3 rings (SSSR count). The van der Waals surface area contributed by atoms with Gasteiger partial charge in [-0.05, 0) is 36.8 Å². The van der Waals surface area contributed by atoms with E-state index >= 15 is 0 Å². The molecule has 0 bridgehead atoms. The Hall–Kier alpha value is -3.15. The number of rotatable bonds is 8. The monoisotopic (exact) mass is 407 g/mol. The molecule has 1 saturated heterocycles. The standard InChI is InChI=1S/C24H29N3O3/c1-17(2)14-15-18(3)25-21(28)16-27-22(29)24(26-23(27)30,19-10-6-4-7-11-19)20-12-8-5-9-13-20/h4-13,17-18H,14-16H2,1-3H3,(H,25,28)(H,26,30). The number of benzene rings is 2. The molecule has 0 saturated carbocycles. The van der Waals surface area contributed by atoms with Crippen LogP contribution in [-0.2, 0) is 15.1 Å². The Labute approximate surface area is 177 Å². The average Bonchev–Trinajstić information content (AvgIpc) is 2.99. The zero-order valence-electron chi connectivity index (χ0n) is 17.7. The van der Waals surface area contributed by atoms with Crippen LogP contribution in [0.1, 0.15) is 44.7 Å². The van der Waals surface area contributed by atoms with Gasteiger partial charge >= 0.3 is 6.03 Å². The second kappa shape index (κ2) is 9.11. The average molecular weight is 408 g/mol. The van der Waals surface area contributed by atoms with Crippen LogP contribution in [0.4, 0.5) is 4.79 Å². The summed E-state index contributed by atoms with van der Waals surface area (Å²) < 4.78 is 0. The molecule has 2 N–H and O–H groups in total. The number of hydrogen-bond donors (Lipinski definition) is 2. The van der Waals surface area contributed by atoms with Gasteiger partial charge in [-0.15, -0.1) is 0 Å². The topological polar surface area (TPSA) is 78.5 Å². The minimum atomic E-state index is -1.34. The van der Waals surface area contributed by atoms with Gasteiger partial charge in [0.2, 0.25) is 5.91 Å². The molecule has 1 fully saturated rings. The summed E-state index contributed by atoms with van der Waals surface area (Å²) in [4.78, 5) is 39.9. The maximum atomic E-state index is 13.5. The van der Waals surface area contributed by atoms with Gasteiger partial charge in [-0.1, -0.05) is 74.5 Å². The highest BCUT2D eigenvalue weighted by atomic mass is 16.2. The second-order valence-electron chi connectivity index (χ2n) is 8.24. The Balaban J connectivity index is 1.83. The molecule has 0 aliphatic carbocycles. The van der Waals surface area contributed by atoms with Gasteiger partial charge < -0.3 is 10.6 Å². The summed E-state index contributed by atoms with van der Waals surface area (Å²) >= 11 is 0. The van der Waals surface area contributed by atoms with E-state index in [1.165, 1.54) is 0 Å². The lowest BCUT2D eigenvalue weighted by molar-refractivity contribution is -0.134. The predicted molar refractivity (Wildman–Crippen MR) is 116 cm³/mol. The van der Waals surface area contributed by atoms with Crippen molar-refractivity contribution in [1.82, 2.24) is 15.5 Å². The predicted octanol–water partition coefficient (Wildman–Crippen LogP) is 3.42. The van der Waals surface area contributed by atoms with Crippen LogP contribution in [0.2, 0.25) is 0 Å². The third-order valence-corrected chi connectivity index (χ3v) is 5.41. The van der Waals surface area contributed by atoms with Crippen molar-refractivity contribution in [2.75, 3.05) is 6.54 Å². The fourth-order valence-corrected chi connectivity index (χ4v) is 3.77. The quantitative estimate of drug-likeness (QED) is 0.658. The minimum Gasteiger partial charge on any atom is -0.352 e. The fraction of sp³-hybridized carbons (Fsp3) is 0.375. The third-order valence-electron chi connectivity index (χ3n) is 5.41. The molecule has 1 aliphatic rings. The third kappa shape index (κ3) is 4.37. The highest BCUT2D eigenvalue weighted by Crippen LogP contribution is 2.35. The van der Waals surface area contributed by atoms with Crippen molar-refractivity contribution in [2.24, 2.45) is 5.92 Å². The molecule has 1 atom stereocenters. The first kappa shape index (κ1) is 21.6. The highest BCUT2D eigenvalue weighted by molar-refractivity contribution is 6.11. The molecule has 1 aliphatic heterocycles. The summed E-state index contributed by atoms with van der Waals surface area (Å²) in [5, 5.41) is 5.75. The zero-order valence-corrected chi connectivity index (χ0v) is 17.7. The molecule has 0 aromatic heterocycles. The normalized spacial score (nSPS) is 16.5. The number of carbonyl (C=O) groups excluding carboxylic acids is 3. The SMILES string of the molecule is CC(C)CCC(C)NC(=O)CN1C(=O)NC(c2ccccc2)(c2ccccc2)C1=O. The Kier molecular flexibility index (Phi) is 6.55. The molecule has 30 heavy (non-hydrogen) atoms. The van der Waals surface area contributed by atoms with Crippen LogP contribution < -0.4 is 10.6 Å². The summed E-state index contributed by atoms with van der Waals surface area (Å²) in [6.45, 7) is 5.89. The van der Waals surface area contributed by atoms with Crippen molar-refractivity contribution < 1.29 is 14.4 Å². The van der Waals surface area contributed by atoms with Crippen molar-refractivity contribution in [1.29, 1.82) is 0 Å². The number of hydrogen-bond acceptors (Lipinski definition) is 3. The van der Waals surface area contributed by atoms with Crippen molar-refractivity contribution in [3.63, 3.8) is 0 Å². The van der Waals surface area contributed by atoms with Gasteiger partial charge in [0.25, 0.3) is 5.91 Å². The minimum absolute atomic E-state index is 0.0197. The molecule has 6 heteroatoms. The van der Waals surface area contributed by atoms with E-state index < -0.39 is 17.5 Å².